The van der Waals surface area contributed by atoms with Gasteiger partial charge in [0.1, 0.15) is 6.04 Å². The van der Waals surface area contributed by atoms with Gasteiger partial charge in [-0.25, -0.2) is 0 Å². The molecule has 1 aliphatic rings. The van der Waals surface area contributed by atoms with Crippen molar-refractivity contribution in [3.8, 4) is 0 Å². The molecule has 1 aromatic heterocycles. The summed E-state index contributed by atoms with van der Waals surface area (Å²) in [6, 6.07) is 9.52. The van der Waals surface area contributed by atoms with E-state index in [0.29, 0.717) is 25.9 Å². The number of benzene rings is 1. The zero-order chi connectivity index (χ0) is 15.4. The number of carbonyl (C=O) groups is 2. The van der Waals surface area contributed by atoms with Crippen LogP contribution in [0.4, 0.5) is 0 Å². The lowest BCUT2D eigenvalue weighted by molar-refractivity contribution is -0.125. The molecule has 3 rings (SSSR count). The molecule has 2 aromatic rings. The molecule has 2 amide bonds. The van der Waals surface area contributed by atoms with Crippen LogP contribution >= 0.6 is 0 Å². The van der Waals surface area contributed by atoms with Gasteiger partial charge in [0.25, 0.3) is 0 Å². The Morgan fingerprint density at radius 3 is 2.95 bits per heavy atom. The van der Waals surface area contributed by atoms with Crippen molar-refractivity contribution < 1.29 is 9.59 Å². The Morgan fingerprint density at radius 1 is 1.36 bits per heavy atom. The second-order valence-electron chi connectivity index (χ2n) is 5.40. The Labute approximate surface area is 128 Å². The van der Waals surface area contributed by atoms with Gasteiger partial charge in [0.2, 0.25) is 11.8 Å². The maximum Gasteiger partial charge on any atom is 0.242 e. The van der Waals surface area contributed by atoms with E-state index in [2.05, 4.69) is 21.8 Å². The van der Waals surface area contributed by atoms with Crippen LogP contribution in [0.3, 0.4) is 0 Å². The van der Waals surface area contributed by atoms with Gasteiger partial charge in [0, 0.05) is 25.4 Å². The molecule has 0 bridgehead atoms. The maximum absolute atomic E-state index is 12.0. The normalized spacial score (nSPS) is 17.3. The summed E-state index contributed by atoms with van der Waals surface area (Å²) < 4.78 is 1.85. The monoisotopic (exact) mass is 298 g/mol. The van der Waals surface area contributed by atoms with Gasteiger partial charge in [-0.1, -0.05) is 24.3 Å². The van der Waals surface area contributed by atoms with Crippen LogP contribution in [-0.2, 0) is 22.7 Å². The van der Waals surface area contributed by atoms with E-state index < -0.39 is 0 Å². The number of nitrogens with zero attached hydrogens (tertiary/aromatic N) is 2. The zero-order valence-corrected chi connectivity index (χ0v) is 12.2. The molecule has 2 heterocycles. The summed E-state index contributed by atoms with van der Waals surface area (Å²) in [5, 5.41) is 9.72. The SMILES string of the molecule is O=C1CCC(C(=O)NCc2cccc(Cn3cccn3)c2)N1. The van der Waals surface area contributed by atoms with E-state index in [9.17, 15) is 9.59 Å². The van der Waals surface area contributed by atoms with Crippen molar-refractivity contribution in [3.63, 3.8) is 0 Å². The molecular weight excluding hydrogens is 280 g/mol. The lowest BCUT2D eigenvalue weighted by Gasteiger charge is -2.11. The van der Waals surface area contributed by atoms with Crippen LogP contribution in [0.1, 0.15) is 24.0 Å². The first kappa shape index (κ1) is 14.3. The minimum atomic E-state index is -0.389. The number of aromatic nitrogens is 2. The van der Waals surface area contributed by atoms with Gasteiger partial charge in [0.05, 0.1) is 6.54 Å². The van der Waals surface area contributed by atoms with E-state index >= 15 is 0 Å². The van der Waals surface area contributed by atoms with Crippen molar-refractivity contribution in [2.45, 2.75) is 32.0 Å². The molecule has 1 fully saturated rings. The predicted octanol–water partition coefficient (Wildman–Crippen LogP) is 0.826. The molecule has 6 nitrogen and oxygen atoms in total. The van der Waals surface area contributed by atoms with Crippen molar-refractivity contribution >= 4 is 11.8 Å². The molecule has 0 aliphatic carbocycles. The molecule has 1 aromatic carbocycles. The average Bonchev–Trinajstić information content (AvgIpc) is 3.17. The largest absolute Gasteiger partial charge is 0.350 e. The number of hydrogen-bond donors (Lipinski definition) is 2. The van der Waals surface area contributed by atoms with Crippen LogP contribution in [0.25, 0.3) is 0 Å². The third-order valence-electron chi connectivity index (χ3n) is 3.67. The molecule has 1 aliphatic heterocycles. The molecule has 0 spiro atoms. The van der Waals surface area contributed by atoms with Crippen molar-refractivity contribution in [2.75, 3.05) is 0 Å². The topological polar surface area (TPSA) is 76.0 Å². The van der Waals surface area contributed by atoms with Crippen LogP contribution in [0.15, 0.2) is 42.7 Å². The van der Waals surface area contributed by atoms with E-state index in [-0.39, 0.29) is 17.9 Å². The first-order valence-electron chi connectivity index (χ1n) is 7.33. The number of hydrogen-bond acceptors (Lipinski definition) is 3. The average molecular weight is 298 g/mol. The summed E-state index contributed by atoms with van der Waals surface area (Å²) in [5.74, 6) is -0.176. The summed E-state index contributed by atoms with van der Waals surface area (Å²) in [5.41, 5.74) is 2.16. The van der Waals surface area contributed by atoms with Crippen LogP contribution < -0.4 is 10.6 Å². The standard InChI is InChI=1S/C16H18N4O2/c21-15-6-5-14(19-15)16(22)17-10-12-3-1-4-13(9-12)11-20-8-2-7-18-20/h1-4,7-9,14H,5-6,10-11H2,(H,17,22)(H,19,21). The van der Waals surface area contributed by atoms with Crippen molar-refractivity contribution in [3.05, 3.63) is 53.9 Å². The molecule has 1 saturated heterocycles. The summed E-state index contributed by atoms with van der Waals surface area (Å²) in [7, 11) is 0. The first-order chi connectivity index (χ1) is 10.7. The molecule has 22 heavy (non-hydrogen) atoms. The molecule has 0 radical (unpaired) electrons. The van der Waals surface area contributed by atoms with Gasteiger partial charge in [-0.05, 0) is 23.6 Å². The fourth-order valence-electron chi connectivity index (χ4n) is 2.54. The Kier molecular flexibility index (Phi) is 4.18. The van der Waals surface area contributed by atoms with Crippen LogP contribution in [0.2, 0.25) is 0 Å². The third-order valence-corrected chi connectivity index (χ3v) is 3.67. The second-order valence-corrected chi connectivity index (χ2v) is 5.40. The van der Waals surface area contributed by atoms with E-state index in [4.69, 9.17) is 0 Å². The Hall–Kier alpha value is -2.63. The van der Waals surface area contributed by atoms with Crippen LogP contribution in [-0.4, -0.2) is 27.6 Å². The van der Waals surface area contributed by atoms with Crippen molar-refractivity contribution in [2.24, 2.45) is 0 Å². The Balaban J connectivity index is 1.56. The molecule has 2 N–H and O–H groups in total. The number of rotatable bonds is 5. The molecule has 6 heteroatoms. The van der Waals surface area contributed by atoms with Gasteiger partial charge < -0.3 is 10.6 Å². The summed E-state index contributed by atoms with van der Waals surface area (Å²) in [4.78, 5) is 23.1. The minimum Gasteiger partial charge on any atom is -0.350 e. The van der Waals surface area contributed by atoms with Crippen molar-refractivity contribution in [1.82, 2.24) is 20.4 Å². The minimum absolute atomic E-state index is 0.0543. The Bertz CT molecular complexity index is 667. The van der Waals surface area contributed by atoms with Gasteiger partial charge in [-0.3, -0.25) is 14.3 Å². The van der Waals surface area contributed by atoms with Crippen LogP contribution in [0.5, 0.6) is 0 Å². The molecular formula is C16H18N4O2. The zero-order valence-electron chi connectivity index (χ0n) is 12.2. The van der Waals surface area contributed by atoms with Gasteiger partial charge >= 0.3 is 0 Å². The first-order valence-corrected chi connectivity index (χ1v) is 7.33. The second kappa shape index (κ2) is 6.43. The van der Waals surface area contributed by atoms with Gasteiger partial charge in [-0.15, -0.1) is 0 Å². The highest BCUT2D eigenvalue weighted by Gasteiger charge is 2.26. The summed E-state index contributed by atoms with van der Waals surface area (Å²) >= 11 is 0. The lowest BCUT2D eigenvalue weighted by atomic mass is 10.1. The smallest absolute Gasteiger partial charge is 0.242 e. The highest BCUT2D eigenvalue weighted by atomic mass is 16.2. The molecule has 114 valence electrons. The maximum atomic E-state index is 12.0. The summed E-state index contributed by atoms with van der Waals surface area (Å²) in [6.07, 6.45) is 4.67. The highest BCUT2D eigenvalue weighted by Crippen LogP contribution is 2.09. The van der Waals surface area contributed by atoms with E-state index in [1.165, 1.54) is 0 Å². The molecule has 0 saturated carbocycles. The molecule has 1 atom stereocenters. The number of carbonyl (C=O) groups excluding carboxylic acids is 2. The lowest BCUT2D eigenvalue weighted by Crippen LogP contribution is -2.41. The number of nitrogens with one attached hydrogen (secondary N) is 2. The predicted molar refractivity (Wildman–Crippen MR) is 80.8 cm³/mol. The van der Waals surface area contributed by atoms with E-state index in [0.717, 1.165) is 11.1 Å². The van der Waals surface area contributed by atoms with E-state index in [1.807, 2.05) is 35.1 Å². The molecule has 1 unspecified atom stereocenters. The van der Waals surface area contributed by atoms with Gasteiger partial charge in [0.15, 0.2) is 0 Å². The quantitative estimate of drug-likeness (QED) is 0.858. The van der Waals surface area contributed by atoms with Crippen molar-refractivity contribution in [1.29, 1.82) is 0 Å². The van der Waals surface area contributed by atoms with Crippen LogP contribution in [0, 0.1) is 0 Å². The fraction of sp³-hybridized carbons (Fsp3) is 0.312. The van der Waals surface area contributed by atoms with Gasteiger partial charge in [-0.2, -0.15) is 5.10 Å². The fourth-order valence-corrected chi connectivity index (χ4v) is 2.54. The Morgan fingerprint density at radius 2 is 2.23 bits per heavy atom. The third kappa shape index (κ3) is 3.52. The highest BCUT2D eigenvalue weighted by molar-refractivity contribution is 5.90. The summed E-state index contributed by atoms with van der Waals surface area (Å²) in [6.45, 7) is 1.16. The van der Waals surface area contributed by atoms with E-state index in [1.54, 1.807) is 6.20 Å². The number of amides is 2.